The van der Waals surface area contributed by atoms with Crippen molar-refractivity contribution in [1.29, 1.82) is 0 Å². The van der Waals surface area contributed by atoms with Crippen LogP contribution in [-0.4, -0.2) is 21.1 Å². The van der Waals surface area contributed by atoms with Crippen molar-refractivity contribution in [3.05, 3.63) is 45.8 Å². The molecule has 0 unspecified atom stereocenters. The molecule has 0 radical (unpaired) electrons. The fraction of sp³-hybridized carbons (Fsp3) is 0.143. The van der Waals surface area contributed by atoms with E-state index < -0.39 is 0 Å². The maximum Gasteiger partial charge on any atom is 0.183 e. The molecule has 1 N–H and O–H groups in total. The number of benzene rings is 1. The predicted octanol–water partition coefficient (Wildman–Crippen LogP) is 4.24. The van der Waals surface area contributed by atoms with Gasteiger partial charge in [0.25, 0.3) is 0 Å². The fourth-order valence-corrected chi connectivity index (χ4v) is 2.70. The number of aromatic amines is 1. The number of nitrogens with one attached hydrogen (secondary N) is 1. The molecule has 2 aromatic heterocycles. The molecule has 0 aliphatic rings. The van der Waals surface area contributed by atoms with E-state index in [9.17, 15) is 0 Å². The van der Waals surface area contributed by atoms with Crippen molar-refractivity contribution < 1.29 is 4.74 Å². The molecule has 0 saturated carbocycles. The lowest BCUT2D eigenvalue weighted by molar-refractivity contribution is 0.340. The van der Waals surface area contributed by atoms with Gasteiger partial charge >= 0.3 is 0 Å². The van der Waals surface area contributed by atoms with Gasteiger partial charge in [0.15, 0.2) is 10.4 Å². The normalized spacial score (nSPS) is 10.9. The summed E-state index contributed by atoms with van der Waals surface area (Å²) in [7, 11) is 0. The third-order valence-electron chi connectivity index (χ3n) is 2.90. The zero-order chi connectivity index (χ0) is 14.1. The molecule has 0 atom stereocenters. The molecule has 20 heavy (non-hydrogen) atoms. The van der Waals surface area contributed by atoms with Crippen LogP contribution in [0.3, 0.4) is 0 Å². The summed E-state index contributed by atoms with van der Waals surface area (Å²) in [5.41, 5.74) is 2.67. The first-order valence-electron chi connectivity index (χ1n) is 6.18. The minimum absolute atomic E-state index is 0.620. The number of imidazole rings is 1. The van der Waals surface area contributed by atoms with E-state index in [1.54, 1.807) is 6.20 Å². The van der Waals surface area contributed by atoms with E-state index in [2.05, 4.69) is 25.9 Å². The van der Waals surface area contributed by atoms with Crippen LogP contribution in [0.25, 0.3) is 16.9 Å². The molecule has 3 rings (SSSR count). The molecule has 0 spiro atoms. The monoisotopic (exact) mass is 349 g/mol. The van der Waals surface area contributed by atoms with Gasteiger partial charge in [-0.2, -0.15) is 0 Å². The molecule has 6 heteroatoms. The SMILES string of the molecule is CCOc1ccc(-n2c(=S)[nH]c3cc(Br)cnc32)cc1. The van der Waals surface area contributed by atoms with Crippen molar-refractivity contribution in [3.63, 3.8) is 0 Å². The number of hydrogen-bond acceptors (Lipinski definition) is 3. The molecular weight excluding hydrogens is 338 g/mol. The summed E-state index contributed by atoms with van der Waals surface area (Å²) < 4.78 is 8.89. The van der Waals surface area contributed by atoms with Crippen molar-refractivity contribution in [1.82, 2.24) is 14.5 Å². The molecular formula is C14H12BrN3OS. The number of rotatable bonds is 3. The van der Waals surface area contributed by atoms with Crippen molar-refractivity contribution in [2.24, 2.45) is 0 Å². The number of ether oxygens (including phenoxy) is 1. The highest BCUT2D eigenvalue weighted by Gasteiger charge is 2.08. The lowest BCUT2D eigenvalue weighted by atomic mass is 10.3. The van der Waals surface area contributed by atoms with Crippen LogP contribution in [0.4, 0.5) is 0 Å². The zero-order valence-corrected chi connectivity index (χ0v) is 13.2. The second-order valence-corrected chi connectivity index (χ2v) is 5.52. The smallest absolute Gasteiger partial charge is 0.183 e. The lowest BCUT2D eigenvalue weighted by Crippen LogP contribution is -1.96. The van der Waals surface area contributed by atoms with Gasteiger partial charge in [-0.1, -0.05) is 0 Å². The highest BCUT2D eigenvalue weighted by Crippen LogP contribution is 2.22. The van der Waals surface area contributed by atoms with Crippen molar-refractivity contribution in [2.75, 3.05) is 6.61 Å². The van der Waals surface area contributed by atoms with Crippen LogP contribution in [-0.2, 0) is 0 Å². The lowest BCUT2D eigenvalue weighted by Gasteiger charge is -2.06. The molecule has 2 heterocycles. The molecule has 0 saturated heterocycles. The van der Waals surface area contributed by atoms with Crippen LogP contribution in [0, 0.1) is 4.77 Å². The van der Waals surface area contributed by atoms with Crippen LogP contribution < -0.4 is 4.74 Å². The van der Waals surface area contributed by atoms with E-state index in [4.69, 9.17) is 17.0 Å². The van der Waals surface area contributed by atoms with E-state index in [1.165, 1.54) is 0 Å². The molecule has 4 nitrogen and oxygen atoms in total. The Balaban J connectivity index is 2.14. The third kappa shape index (κ3) is 2.36. The van der Waals surface area contributed by atoms with Gasteiger partial charge in [-0.3, -0.25) is 4.57 Å². The summed E-state index contributed by atoms with van der Waals surface area (Å²) >= 11 is 8.79. The first-order chi connectivity index (χ1) is 9.69. The Kier molecular flexibility index (Phi) is 3.58. The Labute approximate surface area is 129 Å². The van der Waals surface area contributed by atoms with E-state index in [-0.39, 0.29) is 0 Å². The number of H-pyrrole nitrogens is 1. The Hall–Kier alpha value is -1.66. The Morgan fingerprint density at radius 2 is 2.10 bits per heavy atom. The number of fused-ring (bicyclic) bond motifs is 1. The summed E-state index contributed by atoms with van der Waals surface area (Å²) in [5.74, 6) is 0.846. The largest absolute Gasteiger partial charge is 0.494 e. The minimum atomic E-state index is 0.620. The second kappa shape index (κ2) is 5.38. The number of halogens is 1. The van der Waals surface area contributed by atoms with Gasteiger partial charge in [-0.05, 0) is 65.4 Å². The molecule has 0 aliphatic heterocycles. The number of hydrogen-bond donors (Lipinski definition) is 1. The topological polar surface area (TPSA) is 42.8 Å². The standard InChI is InChI=1S/C14H12BrN3OS/c1-2-19-11-5-3-10(4-6-11)18-13-12(17-14(18)20)7-9(15)8-16-13/h3-8H,2H2,1H3,(H,17,20). The maximum absolute atomic E-state index is 5.45. The quantitative estimate of drug-likeness (QED) is 0.719. The zero-order valence-electron chi connectivity index (χ0n) is 10.8. The predicted molar refractivity (Wildman–Crippen MR) is 85.1 cm³/mol. The van der Waals surface area contributed by atoms with Crippen molar-refractivity contribution in [3.8, 4) is 11.4 Å². The van der Waals surface area contributed by atoms with Gasteiger partial charge < -0.3 is 9.72 Å². The summed E-state index contributed by atoms with van der Waals surface area (Å²) in [6, 6.07) is 9.76. The molecule has 0 amide bonds. The molecule has 0 aliphatic carbocycles. The molecule has 1 aromatic carbocycles. The molecule has 0 bridgehead atoms. The molecule has 0 fully saturated rings. The average Bonchev–Trinajstić information content (AvgIpc) is 2.75. The number of pyridine rings is 1. The average molecular weight is 350 g/mol. The number of aromatic nitrogens is 3. The molecule has 3 aromatic rings. The Morgan fingerprint density at radius 1 is 1.35 bits per heavy atom. The summed E-state index contributed by atoms with van der Waals surface area (Å²) in [6.45, 7) is 2.62. The summed E-state index contributed by atoms with van der Waals surface area (Å²) in [4.78, 5) is 7.58. The van der Waals surface area contributed by atoms with E-state index in [0.29, 0.717) is 11.4 Å². The highest BCUT2D eigenvalue weighted by molar-refractivity contribution is 9.10. The van der Waals surface area contributed by atoms with E-state index in [1.807, 2.05) is 41.8 Å². The van der Waals surface area contributed by atoms with Gasteiger partial charge in [0.1, 0.15) is 5.75 Å². The van der Waals surface area contributed by atoms with Crippen LogP contribution in [0.1, 0.15) is 6.92 Å². The van der Waals surface area contributed by atoms with E-state index >= 15 is 0 Å². The first-order valence-corrected chi connectivity index (χ1v) is 7.38. The summed E-state index contributed by atoms with van der Waals surface area (Å²) in [6.07, 6.45) is 1.76. The number of nitrogens with zero attached hydrogens (tertiary/aromatic N) is 2. The molecule has 102 valence electrons. The van der Waals surface area contributed by atoms with Gasteiger partial charge in [0.05, 0.1) is 17.8 Å². The fourth-order valence-electron chi connectivity index (χ4n) is 2.07. The third-order valence-corrected chi connectivity index (χ3v) is 3.61. The van der Waals surface area contributed by atoms with E-state index in [0.717, 1.165) is 27.1 Å². The highest BCUT2D eigenvalue weighted by atomic mass is 79.9. The summed E-state index contributed by atoms with van der Waals surface area (Å²) in [5, 5.41) is 0. The van der Waals surface area contributed by atoms with Crippen LogP contribution >= 0.6 is 28.1 Å². The second-order valence-electron chi connectivity index (χ2n) is 4.22. The van der Waals surface area contributed by atoms with Gasteiger partial charge in [-0.15, -0.1) is 0 Å². The maximum atomic E-state index is 5.45. The van der Waals surface area contributed by atoms with Crippen LogP contribution in [0.15, 0.2) is 41.0 Å². The van der Waals surface area contributed by atoms with Crippen LogP contribution in [0.2, 0.25) is 0 Å². The minimum Gasteiger partial charge on any atom is -0.494 e. The van der Waals surface area contributed by atoms with Crippen molar-refractivity contribution >= 4 is 39.3 Å². The van der Waals surface area contributed by atoms with Gasteiger partial charge in [0, 0.05) is 10.7 Å². The first kappa shape index (κ1) is 13.3. The Morgan fingerprint density at radius 3 is 2.80 bits per heavy atom. The van der Waals surface area contributed by atoms with Gasteiger partial charge in [0.2, 0.25) is 0 Å². The van der Waals surface area contributed by atoms with Gasteiger partial charge in [-0.25, -0.2) is 4.98 Å². The van der Waals surface area contributed by atoms with Crippen molar-refractivity contribution in [2.45, 2.75) is 6.92 Å². The van der Waals surface area contributed by atoms with Crippen LogP contribution in [0.5, 0.6) is 5.75 Å². The Bertz CT molecular complexity index is 807.